The first-order valence-electron chi connectivity index (χ1n) is 7.93. The van der Waals surface area contributed by atoms with Gasteiger partial charge in [0.25, 0.3) is 0 Å². The molecule has 1 nitrogen and oxygen atoms in total. The number of nitrogens with zero attached hydrogens (tertiary/aromatic N) is 1. The molecule has 0 aromatic carbocycles. The lowest BCUT2D eigenvalue weighted by Gasteiger charge is -2.29. The summed E-state index contributed by atoms with van der Waals surface area (Å²) in [6.45, 7) is 11.9. The average molecular weight is 272 g/mol. The van der Waals surface area contributed by atoms with Crippen molar-refractivity contribution in [2.24, 2.45) is 11.8 Å². The predicted molar refractivity (Wildman–Crippen MR) is 85.4 cm³/mol. The fraction of sp³-hybridized carbons (Fsp3) is 1.00. The highest BCUT2D eigenvalue weighted by Gasteiger charge is 2.16. The van der Waals surface area contributed by atoms with Crippen molar-refractivity contribution in [3.63, 3.8) is 0 Å². The zero-order chi connectivity index (χ0) is 13.4. The van der Waals surface area contributed by atoms with Crippen LogP contribution in [0.4, 0.5) is 0 Å². The lowest BCUT2D eigenvalue weighted by Crippen LogP contribution is -2.35. The first-order chi connectivity index (χ1) is 8.61. The van der Waals surface area contributed by atoms with Crippen LogP contribution in [0, 0.1) is 11.8 Å². The molecule has 0 aromatic heterocycles. The van der Waals surface area contributed by atoms with Gasteiger partial charge in [-0.15, -0.1) is 0 Å². The van der Waals surface area contributed by atoms with Crippen molar-refractivity contribution in [2.75, 3.05) is 24.6 Å². The minimum Gasteiger partial charge on any atom is -0.301 e. The van der Waals surface area contributed by atoms with Crippen molar-refractivity contribution in [2.45, 2.75) is 65.8 Å². The topological polar surface area (TPSA) is 3.24 Å². The molecule has 0 unspecified atom stereocenters. The van der Waals surface area contributed by atoms with E-state index in [1.165, 1.54) is 56.7 Å². The third-order valence-electron chi connectivity index (χ3n) is 4.33. The highest BCUT2D eigenvalue weighted by atomic mass is 32.2. The summed E-state index contributed by atoms with van der Waals surface area (Å²) in [4.78, 5) is 2.56. The Balaban J connectivity index is 0.000000180. The zero-order valence-corrected chi connectivity index (χ0v) is 13.8. The van der Waals surface area contributed by atoms with Gasteiger partial charge in [0.15, 0.2) is 0 Å². The average Bonchev–Trinajstić information content (AvgIpc) is 2.41. The molecule has 0 N–H and O–H groups in total. The van der Waals surface area contributed by atoms with Crippen molar-refractivity contribution in [1.29, 1.82) is 0 Å². The maximum Gasteiger partial charge on any atom is 0.00385 e. The molecule has 18 heavy (non-hydrogen) atoms. The van der Waals surface area contributed by atoms with Crippen LogP contribution in [0.1, 0.15) is 59.8 Å². The van der Waals surface area contributed by atoms with E-state index >= 15 is 0 Å². The quantitative estimate of drug-likeness (QED) is 0.718. The summed E-state index contributed by atoms with van der Waals surface area (Å²) in [5.74, 6) is 4.77. The maximum absolute atomic E-state index is 2.56. The molecule has 0 atom stereocenters. The molecule has 0 saturated carbocycles. The van der Waals surface area contributed by atoms with Crippen molar-refractivity contribution >= 4 is 11.8 Å². The van der Waals surface area contributed by atoms with Crippen LogP contribution in [0.2, 0.25) is 0 Å². The van der Waals surface area contributed by atoms with Gasteiger partial charge < -0.3 is 4.90 Å². The fourth-order valence-electron chi connectivity index (χ4n) is 2.82. The molecule has 2 rings (SSSR count). The van der Waals surface area contributed by atoms with E-state index in [9.17, 15) is 0 Å². The third kappa shape index (κ3) is 6.47. The molecular formula is C16H33NS. The smallest absolute Gasteiger partial charge is 0.00385 e. The van der Waals surface area contributed by atoms with Gasteiger partial charge >= 0.3 is 0 Å². The Bertz CT molecular complexity index is 169. The summed E-state index contributed by atoms with van der Waals surface area (Å²) < 4.78 is 0. The van der Waals surface area contributed by atoms with Gasteiger partial charge in [0.1, 0.15) is 0 Å². The normalized spacial score (nSPS) is 23.0. The van der Waals surface area contributed by atoms with E-state index in [1.807, 2.05) is 0 Å². The Morgan fingerprint density at radius 1 is 0.889 bits per heavy atom. The number of hydrogen-bond acceptors (Lipinski definition) is 2. The molecule has 0 bridgehead atoms. The lowest BCUT2D eigenvalue weighted by molar-refractivity contribution is 0.185. The van der Waals surface area contributed by atoms with Crippen LogP contribution < -0.4 is 0 Å². The van der Waals surface area contributed by atoms with Crippen molar-refractivity contribution in [3.05, 3.63) is 0 Å². The molecule has 2 saturated heterocycles. The van der Waals surface area contributed by atoms with E-state index in [0.717, 1.165) is 17.9 Å². The van der Waals surface area contributed by atoms with Gasteiger partial charge in [-0.3, -0.25) is 0 Å². The lowest BCUT2D eigenvalue weighted by atomic mass is 9.91. The van der Waals surface area contributed by atoms with Crippen LogP contribution in [0.5, 0.6) is 0 Å². The van der Waals surface area contributed by atoms with Crippen LogP contribution in [0.15, 0.2) is 0 Å². The standard InChI is InChI=1S/C8H17N.C8H16S/c1-8(2)9-6-4-3-5-7-9;1-7(2)8-3-5-9-6-4-8/h8H,3-7H2,1-2H3;7-8H,3-6H2,1-2H3. The van der Waals surface area contributed by atoms with E-state index in [2.05, 4.69) is 44.4 Å². The van der Waals surface area contributed by atoms with E-state index in [-0.39, 0.29) is 0 Å². The second kappa shape index (κ2) is 9.25. The summed E-state index contributed by atoms with van der Waals surface area (Å²) in [6.07, 6.45) is 7.20. The Labute approximate surface area is 119 Å². The molecule has 108 valence electrons. The van der Waals surface area contributed by atoms with Crippen LogP contribution in [-0.2, 0) is 0 Å². The van der Waals surface area contributed by atoms with Crippen molar-refractivity contribution in [3.8, 4) is 0 Å². The molecule has 2 heterocycles. The van der Waals surface area contributed by atoms with Crippen LogP contribution >= 0.6 is 11.8 Å². The van der Waals surface area contributed by atoms with Crippen molar-refractivity contribution in [1.82, 2.24) is 4.90 Å². The van der Waals surface area contributed by atoms with Gasteiger partial charge in [-0.2, -0.15) is 11.8 Å². The predicted octanol–water partition coefficient (Wildman–Crippen LogP) is 4.67. The van der Waals surface area contributed by atoms with E-state index < -0.39 is 0 Å². The molecule has 0 amide bonds. The fourth-order valence-corrected chi connectivity index (χ4v) is 3.96. The van der Waals surface area contributed by atoms with Crippen LogP contribution in [-0.4, -0.2) is 35.5 Å². The number of piperidine rings is 1. The third-order valence-corrected chi connectivity index (χ3v) is 5.38. The summed E-state index contributed by atoms with van der Waals surface area (Å²) in [6, 6.07) is 0.769. The summed E-state index contributed by atoms with van der Waals surface area (Å²) in [5.41, 5.74) is 0. The highest BCUT2D eigenvalue weighted by Crippen LogP contribution is 2.28. The van der Waals surface area contributed by atoms with E-state index in [4.69, 9.17) is 0 Å². The second-order valence-corrected chi connectivity index (χ2v) is 7.61. The first kappa shape index (κ1) is 16.4. The molecule has 2 aliphatic rings. The van der Waals surface area contributed by atoms with Gasteiger partial charge in [0, 0.05) is 6.04 Å². The molecule has 0 aliphatic carbocycles. The zero-order valence-electron chi connectivity index (χ0n) is 13.0. The van der Waals surface area contributed by atoms with Crippen LogP contribution in [0.25, 0.3) is 0 Å². The summed E-state index contributed by atoms with van der Waals surface area (Å²) in [7, 11) is 0. The molecule has 2 aliphatic heterocycles. The Morgan fingerprint density at radius 2 is 1.44 bits per heavy atom. The van der Waals surface area contributed by atoms with Gasteiger partial charge in [0.2, 0.25) is 0 Å². The van der Waals surface area contributed by atoms with Crippen LogP contribution in [0.3, 0.4) is 0 Å². The van der Waals surface area contributed by atoms with Gasteiger partial charge in [-0.25, -0.2) is 0 Å². The minimum absolute atomic E-state index is 0.769. The first-order valence-corrected chi connectivity index (χ1v) is 9.08. The largest absolute Gasteiger partial charge is 0.301 e. The molecular weight excluding hydrogens is 238 g/mol. The second-order valence-electron chi connectivity index (χ2n) is 6.38. The Morgan fingerprint density at radius 3 is 1.78 bits per heavy atom. The molecule has 2 heteroatoms. The van der Waals surface area contributed by atoms with Gasteiger partial charge in [-0.1, -0.05) is 20.3 Å². The van der Waals surface area contributed by atoms with E-state index in [1.54, 1.807) is 0 Å². The highest BCUT2D eigenvalue weighted by molar-refractivity contribution is 7.99. The molecule has 2 fully saturated rings. The Hall–Kier alpha value is 0.310. The number of likely N-dealkylation sites (tertiary alicyclic amines) is 1. The molecule has 0 aromatic rings. The number of hydrogen-bond donors (Lipinski definition) is 0. The Kier molecular flexibility index (Phi) is 8.41. The van der Waals surface area contributed by atoms with E-state index in [0.29, 0.717) is 0 Å². The maximum atomic E-state index is 2.56. The number of thioether (sulfide) groups is 1. The monoisotopic (exact) mass is 271 g/mol. The van der Waals surface area contributed by atoms with Gasteiger partial charge in [-0.05, 0) is 76.0 Å². The molecule has 0 spiro atoms. The summed E-state index contributed by atoms with van der Waals surface area (Å²) in [5, 5.41) is 0. The molecule has 0 radical (unpaired) electrons. The minimum atomic E-state index is 0.769. The number of rotatable bonds is 2. The SMILES string of the molecule is CC(C)C1CCSCC1.CC(C)N1CCCCC1. The van der Waals surface area contributed by atoms with Gasteiger partial charge in [0.05, 0.1) is 0 Å². The summed E-state index contributed by atoms with van der Waals surface area (Å²) >= 11 is 2.12. The van der Waals surface area contributed by atoms with Crippen molar-refractivity contribution < 1.29 is 0 Å².